The van der Waals surface area contributed by atoms with Crippen LogP contribution in [0.15, 0.2) is 72.8 Å². The van der Waals surface area contributed by atoms with Gasteiger partial charge in [-0.15, -0.1) is 0 Å². The summed E-state index contributed by atoms with van der Waals surface area (Å²) in [7, 11) is 0. The predicted molar refractivity (Wildman–Crippen MR) is 146 cm³/mol. The second-order valence-corrected chi connectivity index (χ2v) is 10.0. The molecule has 1 aromatic heterocycles. The van der Waals surface area contributed by atoms with E-state index in [0.717, 1.165) is 38.9 Å². The highest BCUT2D eigenvalue weighted by molar-refractivity contribution is 6.07. The molecular weight excluding hydrogens is 492 g/mol. The van der Waals surface area contributed by atoms with Crippen LogP contribution in [0.5, 0.6) is 0 Å². The summed E-state index contributed by atoms with van der Waals surface area (Å²) in [5, 5.41) is 6.11. The molecule has 8 heteroatoms. The third kappa shape index (κ3) is 4.65. The number of hydrogen-bond donors (Lipinski definition) is 2. The third-order valence-corrected chi connectivity index (χ3v) is 7.32. The fourth-order valence-corrected chi connectivity index (χ4v) is 5.33. The first-order valence-corrected chi connectivity index (χ1v) is 12.9. The zero-order chi connectivity index (χ0) is 27.1. The van der Waals surface area contributed by atoms with E-state index in [0.29, 0.717) is 17.5 Å². The first-order chi connectivity index (χ1) is 18.9. The van der Waals surface area contributed by atoms with Gasteiger partial charge in [0.15, 0.2) is 0 Å². The van der Waals surface area contributed by atoms with Gasteiger partial charge >= 0.3 is 0 Å². The lowest BCUT2D eigenvalue weighted by atomic mass is 10.0. The zero-order valence-electron chi connectivity index (χ0n) is 21.4. The molecule has 194 valence electrons. The fourth-order valence-electron chi connectivity index (χ4n) is 5.33. The number of benzene rings is 3. The Morgan fingerprint density at radius 2 is 1.87 bits per heavy atom. The summed E-state index contributed by atoms with van der Waals surface area (Å²) in [4.78, 5) is 56.5. The number of para-hydroxylation sites is 1. The molecule has 2 aliphatic rings. The topological polar surface area (TPSA) is 108 Å². The number of rotatable bonds is 5. The van der Waals surface area contributed by atoms with Gasteiger partial charge in [0.05, 0.1) is 16.8 Å². The van der Waals surface area contributed by atoms with Crippen molar-refractivity contribution >= 4 is 34.5 Å². The maximum absolute atomic E-state index is 13.4. The number of imide groups is 1. The number of hydrogen-bond acceptors (Lipinski definition) is 5. The van der Waals surface area contributed by atoms with Crippen molar-refractivity contribution in [2.75, 3.05) is 0 Å². The number of pyridine rings is 1. The van der Waals surface area contributed by atoms with Crippen molar-refractivity contribution in [1.29, 1.82) is 0 Å². The van der Waals surface area contributed by atoms with Crippen molar-refractivity contribution in [1.82, 2.24) is 20.5 Å². The molecule has 4 amide bonds. The standard InChI is InChI=1S/C31H26N4O4/c1-18-5-4-6-20(13-18)26-15-24(23-7-2-3-8-25(23)33-26)29(37)32-16-19-9-10-22-21(14-19)17-35(31(22)39)27-11-12-28(36)34-30(27)38/h2-10,13-15,27H,11-12,16-17H2,1H3,(H,32,37)(H,34,36,38). The van der Waals surface area contributed by atoms with E-state index in [9.17, 15) is 19.2 Å². The quantitative estimate of drug-likeness (QED) is 0.390. The highest BCUT2D eigenvalue weighted by Crippen LogP contribution is 2.29. The molecule has 39 heavy (non-hydrogen) atoms. The number of aryl methyl sites for hydroxylation is 1. The number of fused-ring (bicyclic) bond motifs is 2. The molecule has 8 nitrogen and oxygen atoms in total. The highest BCUT2D eigenvalue weighted by Gasteiger charge is 2.39. The molecule has 1 atom stereocenters. The van der Waals surface area contributed by atoms with Crippen molar-refractivity contribution in [2.45, 2.75) is 38.9 Å². The van der Waals surface area contributed by atoms with E-state index in [-0.39, 0.29) is 37.2 Å². The lowest BCUT2D eigenvalue weighted by Gasteiger charge is -2.29. The van der Waals surface area contributed by atoms with Gasteiger partial charge in [-0.1, -0.05) is 54.1 Å². The van der Waals surface area contributed by atoms with Crippen molar-refractivity contribution in [3.05, 3.63) is 101 Å². The van der Waals surface area contributed by atoms with E-state index >= 15 is 0 Å². The first kappa shape index (κ1) is 24.5. The Morgan fingerprint density at radius 1 is 1.03 bits per heavy atom. The van der Waals surface area contributed by atoms with Crippen LogP contribution in [-0.4, -0.2) is 39.6 Å². The fraction of sp³-hybridized carbons (Fsp3) is 0.194. The molecule has 3 aromatic carbocycles. The van der Waals surface area contributed by atoms with Crippen molar-refractivity contribution in [2.24, 2.45) is 0 Å². The van der Waals surface area contributed by atoms with Gasteiger partial charge < -0.3 is 10.2 Å². The normalized spacial score (nSPS) is 16.8. The van der Waals surface area contributed by atoms with Crippen LogP contribution in [0.3, 0.4) is 0 Å². The molecule has 0 saturated carbocycles. The summed E-state index contributed by atoms with van der Waals surface area (Å²) < 4.78 is 0. The molecule has 0 aliphatic carbocycles. The predicted octanol–water partition coefficient (Wildman–Crippen LogP) is 3.90. The number of aromatic nitrogens is 1. The molecule has 0 bridgehead atoms. The second kappa shape index (κ2) is 9.79. The smallest absolute Gasteiger partial charge is 0.255 e. The second-order valence-electron chi connectivity index (χ2n) is 10.0. The van der Waals surface area contributed by atoms with Crippen LogP contribution in [-0.2, 0) is 22.7 Å². The summed E-state index contributed by atoms with van der Waals surface area (Å²) in [5.41, 5.74) is 6.25. The molecule has 2 N–H and O–H groups in total. The Labute approximate surface area is 225 Å². The first-order valence-electron chi connectivity index (χ1n) is 12.9. The number of piperidine rings is 1. The Bertz CT molecular complexity index is 1680. The molecule has 0 spiro atoms. The van der Waals surface area contributed by atoms with Gasteiger partial charge in [-0.3, -0.25) is 24.5 Å². The molecule has 1 unspecified atom stereocenters. The van der Waals surface area contributed by atoms with Crippen LogP contribution >= 0.6 is 0 Å². The summed E-state index contributed by atoms with van der Waals surface area (Å²) in [6.45, 7) is 2.58. The minimum Gasteiger partial charge on any atom is -0.348 e. The van der Waals surface area contributed by atoms with Gasteiger partial charge in [-0.25, -0.2) is 4.98 Å². The average molecular weight is 519 g/mol. The van der Waals surface area contributed by atoms with E-state index in [2.05, 4.69) is 10.6 Å². The van der Waals surface area contributed by atoms with Crippen LogP contribution in [0.25, 0.3) is 22.2 Å². The Kier molecular flexibility index (Phi) is 6.15. The zero-order valence-corrected chi connectivity index (χ0v) is 21.4. The van der Waals surface area contributed by atoms with Crippen LogP contribution < -0.4 is 10.6 Å². The van der Waals surface area contributed by atoms with Crippen LogP contribution in [0.4, 0.5) is 0 Å². The average Bonchev–Trinajstić information content (AvgIpc) is 3.26. The third-order valence-electron chi connectivity index (χ3n) is 7.32. The van der Waals surface area contributed by atoms with Gasteiger partial charge in [-0.05, 0) is 48.7 Å². The van der Waals surface area contributed by atoms with Gasteiger partial charge in [0.1, 0.15) is 6.04 Å². The maximum atomic E-state index is 13.4. The van der Waals surface area contributed by atoms with Crippen LogP contribution in [0, 0.1) is 6.92 Å². The van der Waals surface area contributed by atoms with Crippen molar-refractivity contribution < 1.29 is 19.2 Å². The Balaban J connectivity index is 1.22. The lowest BCUT2D eigenvalue weighted by molar-refractivity contribution is -0.136. The number of carbonyl (C=O) groups is 4. The summed E-state index contributed by atoms with van der Waals surface area (Å²) in [6.07, 6.45) is 0.529. The number of carbonyl (C=O) groups excluding carboxylic acids is 4. The number of nitrogens with one attached hydrogen (secondary N) is 2. The van der Waals surface area contributed by atoms with E-state index in [4.69, 9.17) is 4.98 Å². The van der Waals surface area contributed by atoms with Crippen LogP contribution in [0.1, 0.15) is 50.2 Å². The highest BCUT2D eigenvalue weighted by atomic mass is 16.2. The van der Waals surface area contributed by atoms with Gasteiger partial charge in [-0.2, -0.15) is 0 Å². The molecule has 4 aromatic rings. The van der Waals surface area contributed by atoms with Gasteiger partial charge in [0.25, 0.3) is 11.8 Å². The lowest BCUT2D eigenvalue weighted by Crippen LogP contribution is -2.52. The summed E-state index contributed by atoms with van der Waals surface area (Å²) in [6, 6.07) is 22.2. The molecule has 0 radical (unpaired) electrons. The van der Waals surface area contributed by atoms with E-state index in [1.54, 1.807) is 6.07 Å². The minimum absolute atomic E-state index is 0.211. The Morgan fingerprint density at radius 3 is 2.69 bits per heavy atom. The largest absolute Gasteiger partial charge is 0.348 e. The summed E-state index contributed by atoms with van der Waals surface area (Å²) in [5.74, 6) is -1.19. The van der Waals surface area contributed by atoms with Crippen molar-refractivity contribution in [3.8, 4) is 11.3 Å². The van der Waals surface area contributed by atoms with Gasteiger partial charge in [0.2, 0.25) is 11.8 Å². The molecule has 2 aliphatic heterocycles. The summed E-state index contributed by atoms with van der Waals surface area (Å²) >= 11 is 0. The Hall–Kier alpha value is -4.85. The van der Waals surface area contributed by atoms with E-state index in [1.165, 1.54) is 4.90 Å². The molecule has 1 saturated heterocycles. The SMILES string of the molecule is Cc1cccc(-c2cc(C(=O)NCc3ccc4c(c3)CN(C3CCC(=O)NC3=O)C4=O)c3ccccc3n2)c1. The maximum Gasteiger partial charge on any atom is 0.255 e. The molecule has 1 fully saturated rings. The number of nitrogens with zero attached hydrogens (tertiary/aromatic N) is 2. The van der Waals surface area contributed by atoms with Crippen molar-refractivity contribution in [3.63, 3.8) is 0 Å². The van der Waals surface area contributed by atoms with E-state index < -0.39 is 11.9 Å². The monoisotopic (exact) mass is 518 g/mol. The molecular formula is C31H26N4O4. The van der Waals surface area contributed by atoms with Crippen LogP contribution in [0.2, 0.25) is 0 Å². The molecule has 3 heterocycles. The minimum atomic E-state index is -0.659. The molecule has 6 rings (SSSR count). The van der Waals surface area contributed by atoms with Gasteiger partial charge in [0, 0.05) is 36.0 Å². The number of amides is 4. The van der Waals surface area contributed by atoms with E-state index in [1.807, 2.05) is 73.7 Å².